The highest BCUT2D eigenvalue weighted by Crippen LogP contribution is 2.45. The molecule has 13 rings (SSSR count). The Morgan fingerprint density at radius 3 is 1.41 bits per heavy atom. The Balaban J connectivity index is 1.06. The van der Waals surface area contributed by atoms with E-state index in [0.717, 1.165) is 33.9 Å². The molecule has 5 heterocycles. The van der Waals surface area contributed by atoms with Gasteiger partial charge >= 0.3 is 0 Å². The van der Waals surface area contributed by atoms with Gasteiger partial charge in [0, 0.05) is 59.8 Å². The molecule has 4 heteroatoms. The first-order chi connectivity index (χ1) is 27.8. The molecule has 0 saturated heterocycles. The van der Waals surface area contributed by atoms with Crippen molar-refractivity contribution in [2.45, 2.75) is 0 Å². The van der Waals surface area contributed by atoms with Crippen molar-refractivity contribution in [3.63, 3.8) is 0 Å². The minimum absolute atomic E-state index is 0.719. The summed E-state index contributed by atoms with van der Waals surface area (Å²) in [4.78, 5) is 10.2. The number of hydrogen-bond donors (Lipinski definition) is 0. The molecule has 0 spiro atoms. The smallest absolute Gasteiger partial charge is 0.160 e. The standard InChI is InChI=1S/C52H30N4/c1-3-12-31(13-4-1)44-30-45(54-52(53-44)32-14-5-2-6-15-32)34-23-25-49-41(27-34)43-29-35(28-42-37-17-8-10-21-47(37)56(49)51(42)43)33-22-24-48-40(26-33)39-19-11-18-38-36-16-7-9-20-46(36)55(48)50(38)39/h1-30H. The Morgan fingerprint density at radius 1 is 0.268 bits per heavy atom. The summed E-state index contributed by atoms with van der Waals surface area (Å²) in [5, 5.41) is 10.2. The predicted octanol–water partition coefficient (Wildman–Crippen LogP) is 13.4. The second-order valence-electron chi connectivity index (χ2n) is 15.0. The van der Waals surface area contributed by atoms with Crippen LogP contribution in [0.3, 0.4) is 0 Å². The SMILES string of the molecule is c1ccc(-c2cc(-c3ccc4c(c3)c3cc(-c5ccc6c(c5)c5cccc7c8ccccc8n6c75)cc5c6ccccc6n4c53)nc(-c3ccccc3)n2)cc1. The van der Waals surface area contributed by atoms with Gasteiger partial charge in [0.1, 0.15) is 0 Å². The van der Waals surface area contributed by atoms with Gasteiger partial charge in [0.15, 0.2) is 5.82 Å². The van der Waals surface area contributed by atoms with Crippen LogP contribution >= 0.6 is 0 Å². The van der Waals surface area contributed by atoms with Crippen molar-refractivity contribution in [2.24, 2.45) is 0 Å². The van der Waals surface area contributed by atoms with Gasteiger partial charge in [-0.25, -0.2) is 9.97 Å². The monoisotopic (exact) mass is 710 g/mol. The third-order valence-corrected chi connectivity index (χ3v) is 12.0. The molecule has 0 atom stereocenters. The zero-order chi connectivity index (χ0) is 36.5. The van der Waals surface area contributed by atoms with Gasteiger partial charge in [-0.3, -0.25) is 0 Å². The predicted molar refractivity (Wildman–Crippen MR) is 233 cm³/mol. The summed E-state index contributed by atoms with van der Waals surface area (Å²) in [5.41, 5.74) is 14.8. The molecule has 0 unspecified atom stereocenters. The zero-order valence-corrected chi connectivity index (χ0v) is 30.1. The minimum atomic E-state index is 0.719. The molecular weight excluding hydrogens is 681 g/mol. The van der Waals surface area contributed by atoms with Crippen LogP contribution in [-0.2, 0) is 0 Å². The van der Waals surface area contributed by atoms with Gasteiger partial charge in [0.25, 0.3) is 0 Å². The van der Waals surface area contributed by atoms with Crippen molar-refractivity contribution in [1.29, 1.82) is 0 Å². The zero-order valence-electron chi connectivity index (χ0n) is 30.1. The van der Waals surface area contributed by atoms with Crippen LogP contribution in [0.5, 0.6) is 0 Å². The van der Waals surface area contributed by atoms with Crippen molar-refractivity contribution < 1.29 is 0 Å². The van der Waals surface area contributed by atoms with Crippen LogP contribution in [0.4, 0.5) is 0 Å². The summed E-state index contributed by atoms with van der Waals surface area (Å²) in [6.07, 6.45) is 0. The number of nitrogens with zero attached hydrogens (tertiary/aromatic N) is 4. The maximum absolute atomic E-state index is 5.19. The lowest BCUT2D eigenvalue weighted by molar-refractivity contribution is 1.18. The van der Waals surface area contributed by atoms with Crippen LogP contribution < -0.4 is 0 Å². The summed E-state index contributed by atoms with van der Waals surface area (Å²) in [6, 6.07) is 65.8. The quantitative estimate of drug-likeness (QED) is 0.182. The molecule has 8 aromatic carbocycles. The summed E-state index contributed by atoms with van der Waals surface area (Å²) >= 11 is 0. The molecule has 0 N–H and O–H groups in total. The van der Waals surface area contributed by atoms with E-state index in [9.17, 15) is 0 Å². The lowest BCUT2D eigenvalue weighted by Crippen LogP contribution is -1.95. The second-order valence-corrected chi connectivity index (χ2v) is 15.0. The van der Waals surface area contributed by atoms with E-state index < -0.39 is 0 Å². The van der Waals surface area contributed by atoms with Gasteiger partial charge in [-0.15, -0.1) is 0 Å². The van der Waals surface area contributed by atoms with E-state index in [1.54, 1.807) is 0 Å². The van der Waals surface area contributed by atoms with Crippen LogP contribution in [0, 0.1) is 0 Å². The number of fused-ring (bicyclic) bond motifs is 12. The van der Waals surface area contributed by atoms with Crippen LogP contribution in [-0.4, -0.2) is 18.8 Å². The van der Waals surface area contributed by atoms with Crippen LogP contribution in [0.1, 0.15) is 0 Å². The number of rotatable bonds is 4. The lowest BCUT2D eigenvalue weighted by Gasteiger charge is -2.10. The van der Waals surface area contributed by atoms with Gasteiger partial charge < -0.3 is 8.80 Å². The fourth-order valence-electron chi connectivity index (χ4n) is 9.51. The number of aromatic nitrogens is 4. The molecule has 0 aliphatic rings. The Labute approximate surface area is 320 Å². The van der Waals surface area contributed by atoms with Crippen molar-refractivity contribution in [3.05, 3.63) is 182 Å². The Kier molecular flexibility index (Phi) is 5.86. The topological polar surface area (TPSA) is 34.6 Å². The Bertz CT molecular complexity index is 3630. The summed E-state index contributed by atoms with van der Waals surface area (Å²) in [5.74, 6) is 0.719. The van der Waals surface area contributed by atoms with E-state index in [-0.39, 0.29) is 0 Å². The van der Waals surface area contributed by atoms with Crippen molar-refractivity contribution in [1.82, 2.24) is 18.8 Å². The fraction of sp³-hybridized carbons (Fsp3) is 0. The Hall–Kier alpha value is -7.56. The molecular formula is C52H30N4. The highest BCUT2D eigenvalue weighted by atomic mass is 14.9. The molecule has 0 bridgehead atoms. The molecule has 0 radical (unpaired) electrons. The molecule has 0 aliphatic carbocycles. The molecule has 0 amide bonds. The maximum Gasteiger partial charge on any atom is 0.160 e. The summed E-state index contributed by atoms with van der Waals surface area (Å²) < 4.78 is 4.91. The van der Waals surface area contributed by atoms with Crippen LogP contribution in [0.25, 0.3) is 121 Å². The second kappa shape index (κ2) is 11.0. The van der Waals surface area contributed by atoms with E-state index in [0.29, 0.717) is 0 Å². The van der Waals surface area contributed by atoms with Crippen molar-refractivity contribution in [3.8, 4) is 45.0 Å². The van der Waals surface area contributed by atoms with Crippen LogP contribution in [0.15, 0.2) is 182 Å². The fourth-order valence-corrected chi connectivity index (χ4v) is 9.51. The molecule has 13 aromatic rings. The third kappa shape index (κ3) is 4.02. The van der Waals surface area contributed by atoms with E-state index >= 15 is 0 Å². The lowest BCUT2D eigenvalue weighted by atomic mass is 9.97. The van der Waals surface area contributed by atoms with E-state index in [1.807, 2.05) is 24.3 Å². The largest absolute Gasteiger partial charge is 0.308 e. The van der Waals surface area contributed by atoms with Gasteiger partial charge in [-0.1, -0.05) is 127 Å². The number of hydrogen-bond acceptors (Lipinski definition) is 2. The summed E-state index contributed by atoms with van der Waals surface area (Å²) in [6.45, 7) is 0. The highest BCUT2D eigenvalue weighted by molar-refractivity contribution is 6.26. The van der Waals surface area contributed by atoms with Gasteiger partial charge in [0.2, 0.25) is 0 Å². The number of para-hydroxylation sites is 3. The van der Waals surface area contributed by atoms with E-state index in [4.69, 9.17) is 9.97 Å². The average molecular weight is 711 g/mol. The molecule has 4 nitrogen and oxygen atoms in total. The molecule has 5 aromatic heterocycles. The molecule has 56 heavy (non-hydrogen) atoms. The molecule has 0 saturated carbocycles. The summed E-state index contributed by atoms with van der Waals surface area (Å²) in [7, 11) is 0. The third-order valence-electron chi connectivity index (χ3n) is 12.0. The van der Waals surface area contributed by atoms with Gasteiger partial charge in [-0.2, -0.15) is 0 Å². The van der Waals surface area contributed by atoms with Crippen molar-refractivity contribution in [2.75, 3.05) is 0 Å². The molecule has 258 valence electrons. The first-order valence-corrected chi connectivity index (χ1v) is 19.2. The Morgan fingerprint density at radius 2 is 0.714 bits per heavy atom. The minimum Gasteiger partial charge on any atom is -0.308 e. The molecule has 0 aliphatic heterocycles. The van der Waals surface area contributed by atoms with E-state index in [1.165, 1.54) is 87.3 Å². The first-order valence-electron chi connectivity index (χ1n) is 19.2. The van der Waals surface area contributed by atoms with Gasteiger partial charge in [0.05, 0.1) is 44.5 Å². The van der Waals surface area contributed by atoms with E-state index in [2.05, 4.69) is 167 Å². The average Bonchev–Trinajstić information content (AvgIpc) is 4.00. The molecule has 0 fully saturated rings. The van der Waals surface area contributed by atoms with Crippen LogP contribution in [0.2, 0.25) is 0 Å². The van der Waals surface area contributed by atoms with Crippen molar-refractivity contribution >= 4 is 76.2 Å². The first kappa shape index (κ1) is 29.8. The van der Waals surface area contributed by atoms with Gasteiger partial charge in [-0.05, 0) is 65.7 Å². The highest BCUT2D eigenvalue weighted by Gasteiger charge is 2.22. The maximum atomic E-state index is 5.19. The number of benzene rings is 8. The normalized spacial score (nSPS) is 12.3.